The van der Waals surface area contributed by atoms with Gasteiger partial charge in [-0.25, -0.2) is 0 Å². The number of aromatic nitrogens is 2. The maximum absolute atomic E-state index is 5.55. The molecule has 0 saturated heterocycles. The molecule has 0 aliphatic rings. The summed E-state index contributed by atoms with van der Waals surface area (Å²) in [4.78, 5) is 0. The van der Waals surface area contributed by atoms with Gasteiger partial charge in [0.2, 0.25) is 0 Å². The Morgan fingerprint density at radius 2 is 2.25 bits per heavy atom. The molecular weight excluding hydrogens is 212 g/mol. The van der Waals surface area contributed by atoms with Crippen LogP contribution in [0, 0.1) is 6.92 Å². The molecule has 0 fully saturated rings. The molecule has 0 saturated carbocycles. The van der Waals surface area contributed by atoms with Crippen molar-refractivity contribution in [2.75, 3.05) is 11.6 Å². The first-order valence-corrected chi connectivity index (χ1v) is 6.15. The molecule has 0 radical (unpaired) electrons. The molecule has 2 nitrogen and oxygen atoms in total. The molecule has 0 aromatic carbocycles. The third kappa shape index (κ3) is 3.74. The number of aryl methyl sites for hydroxylation is 1. The van der Waals surface area contributed by atoms with E-state index in [0.717, 1.165) is 33.8 Å². The van der Waals surface area contributed by atoms with E-state index >= 15 is 0 Å². The molecule has 1 aromatic heterocycles. The van der Waals surface area contributed by atoms with Crippen molar-refractivity contribution in [3.63, 3.8) is 0 Å². The fraction of sp³-hybridized carbons (Fsp3) is 0.714. The van der Waals surface area contributed by atoms with Crippen LogP contribution in [0.2, 0.25) is 0 Å². The molecular formula is C7H11ClN2S2. The Morgan fingerprint density at radius 1 is 1.42 bits per heavy atom. The van der Waals surface area contributed by atoms with Crippen LogP contribution in [-0.4, -0.2) is 21.8 Å². The zero-order chi connectivity index (χ0) is 8.81. The summed E-state index contributed by atoms with van der Waals surface area (Å²) in [6.45, 7) is 1.97. The summed E-state index contributed by atoms with van der Waals surface area (Å²) < 4.78 is 1.07. The van der Waals surface area contributed by atoms with Crippen LogP contribution in [0.15, 0.2) is 4.34 Å². The maximum Gasteiger partial charge on any atom is 0.174 e. The second kappa shape index (κ2) is 5.78. The Bertz CT molecular complexity index is 227. The van der Waals surface area contributed by atoms with Crippen LogP contribution in [0.3, 0.4) is 0 Å². The van der Waals surface area contributed by atoms with Crippen molar-refractivity contribution < 1.29 is 0 Å². The molecule has 0 bridgehead atoms. The van der Waals surface area contributed by atoms with Crippen LogP contribution in [0.1, 0.15) is 17.8 Å². The summed E-state index contributed by atoms with van der Waals surface area (Å²) in [5, 5.41) is 8.99. The Kier molecular flexibility index (Phi) is 4.95. The van der Waals surface area contributed by atoms with Crippen LogP contribution < -0.4 is 0 Å². The number of hydrogen-bond donors (Lipinski definition) is 0. The van der Waals surface area contributed by atoms with E-state index in [-0.39, 0.29) is 0 Å². The van der Waals surface area contributed by atoms with Crippen molar-refractivity contribution in [1.82, 2.24) is 10.2 Å². The lowest BCUT2D eigenvalue weighted by Gasteiger charge is -1.93. The Balaban J connectivity index is 2.15. The second-order valence-electron chi connectivity index (χ2n) is 2.33. The lowest BCUT2D eigenvalue weighted by atomic mass is 10.4. The summed E-state index contributed by atoms with van der Waals surface area (Å²) >= 11 is 8.97. The molecule has 5 heteroatoms. The summed E-state index contributed by atoms with van der Waals surface area (Å²) in [6.07, 6.45) is 2.25. The van der Waals surface area contributed by atoms with Gasteiger partial charge in [-0.1, -0.05) is 23.1 Å². The Morgan fingerprint density at radius 3 is 2.83 bits per heavy atom. The third-order valence-corrected chi connectivity index (χ3v) is 3.59. The lowest BCUT2D eigenvalue weighted by molar-refractivity contribution is 0.900. The van der Waals surface area contributed by atoms with E-state index < -0.39 is 0 Å². The molecule has 68 valence electrons. The zero-order valence-corrected chi connectivity index (χ0v) is 9.31. The van der Waals surface area contributed by atoms with E-state index in [9.17, 15) is 0 Å². The van der Waals surface area contributed by atoms with Crippen LogP contribution in [-0.2, 0) is 0 Å². The van der Waals surface area contributed by atoms with E-state index in [1.54, 1.807) is 23.1 Å². The minimum absolute atomic E-state index is 0.760. The fourth-order valence-corrected chi connectivity index (χ4v) is 2.77. The standard InChI is InChI=1S/C7H11ClN2S2/c1-6-9-10-7(12-6)11-5-3-2-4-8/h2-5H2,1H3. The molecule has 1 heterocycles. The second-order valence-corrected chi connectivity index (χ2v) is 5.23. The van der Waals surface area contributed by atoms with Gasteiger partial charge in [0.25, 0.3) is 0 Å². The SMILES string of the molecule is Cc1nnc(SCCCCCl)s1. The van der Waals surface area contributed by atoms with Crippen molar-refractivity contribution >= 4 is 34.7 Å². The van der Waals surface area contributed by atoms with Crippen LogP contribution in [0.25, 0.3) is 0 Å². The Hall–Kier alpha value is 0.200. The van der Waals surface area contributed by atoms with Crippen molar-refractivity contribution in [3.8, 4) is 0 Å². The van der Waals surface area contributed by atoms with Crippen LogP contribution in [0.4, 0.5) is 0 Å². The summed E-state index contributed by atoms with van der Waals surface area (Å²) in [7, 11) is 0. The normalized spacial score (nSPS) is 10.5. The van der Waals surface area contributed by atoms with Crippen LogP contribution in [0.5, 0.6) is 0 Å². The van der Waals surface area contributed by atoms with Gasteiger partial charge in [0.05, 0.1) is 0 Å². The van der Waals surface area contributed by atoms with Gasteiger partial charge in [-0.3, -0.25) is 0 Å². The number of nitrogens with zero attached hydrogens (tertiary/aromatic N) is 2. The highest BCUT2D eigenvalue weighted by Gasteiger charge is 1.99. The van der Waals surface area contributed by atoms with Gasteiger partial charge in [0.1, 0.15) is 5.01 Å². The first kappa shape index (κ1) is 10.3. The monoisotopic (exact) mass is 222 g/mol. The topological polar surface area (TPSA) is 25.8 Å². The fourth-order valence-electron chi connectivity index (χ4n) is 0.693. The van der Waals surface area contributed by atoms with Gasteiger partial charge >= 0.3 is 0 Å². The largest absolute Gasteiger partial charge is 0.174 e. The summed E-state index contributed by atoms with van der Waals surface area (Å²) in [5.74, 6) is 1.86. The number of alkyl halides is 1. The first-order valence-electron chi connectivity index (χ1n) is 3.82. The number of rotatable bonds is 5. The summed E-state index contributed by atoms with van der Waals surface area (Å²) in [5.41, 5.74) is 0. The summed E-state index contributed by atoms with van der Waals surface area (Å²) in [6, 6.07) is 0. The van der Waals surface area contributed by atoms with Gasteiger partial charge in [-0.2, -0.15) is 0 Å². The maximum atomic E-state index is 5.55. The third-order valence-electron chi connectivity index (χ3n) is 1.26. The molecule has 0 atom stereocenters. The molecule has 0 aliphatic carbocycles. The van der Waals surface area contributed by atoms with Gasteiger partial charge in [-0.15, -0.1) is 21.8 Å². The van der Waals surface area contributed by atoms with Gasteiger partial charge in [-0.05, 0) is 19.8 Å². The number of unbranched alkanes of at least 4 members (excludes halogenated alkanes) is 1. The minimum Gasteiger partial charge on any atom is -0.143 e. The highest BCUT2D eigenvalue weighted by atomic mass is 35.5. The minimum atomic E-state index is 0.760. The van der Waals surface area contributed by atoms with Gasteiger partial charge in [0, 0.05) is 11.6 Å². The molecule has 0 spiro atoms. The lowest BCUT2D eigenvalue weighted by Crippen LogP contribution is -1.81. The smallest absolute Gasteiger partial charge is 0.143 e. The van der Waals surface area contributed by atoms with Gasteiger partial charge < -0.3 is 0 Å². The molecule has 1 rings (SSSR count). The molecule has 0 N–H and O–H groups in total. The molecule has 0 aliphatic heterocycles. The molecule has 0 amide bonds. The average molecular weight is 223 g/mol. The van der Waals surface area contributed by atoms with Crippen molar-refractivity contribution in [3.05, 3.63) is 5.01 Å². The van der Waals surface area contributed by atoms with Crippen molar-refractivity contribution in [2.45, 2.75) is 24.1 Å². The highest BCUT2D eigenvalue weighted by molar-refractivity contribution is 8.01. The van der Waals surface area contributed by atoms with Crippen molar-refractivity contribution in [1.29, 1.82) is 0 Å². The number of thioether (sulfide) groups is 1. The number of hydrogen-bond acceptors (Lipinski definition) is 4. The van der Waals surface area contributed by atoms with E-state index in [1.165, 1.54) is 0 Å². The quantitative estimate of drug-likeness (QED) is 0.435. The Labute approximate surface area is 85.7 Å². The van der Waals surface area contributed by atoms with Gasteiger partial charge in [0.15, 0.2) is 4.34 Å². The van der Waals surface area contributed by atoms with E-state index in [1.807, 2.05) is 6.92 Å². The van der Waals surface area contributed by atoms with E-state index in [4.69, 9.17) is 11.6 Å². The molecule has 1 aromatic rings. The molecule has 0 unspecified atom stereocenters. The molecule has 12 heavy (non-hydrogen) atoms. The number of halogens is 1. The highest BCUT2D eigenvalue weighted by Crippen LogP contribution is 2.22. The van der Waals surface area contributed by atoms with E-state index in [2.05, 4.69) is 10.2 Å². The zero-order valence-electron chi connectivity index (χ0n) is 6.92. The average Bonchev–Trinajstić information content (AvgIpc) is 2.45. The first-order chi connectivity index (χ1) is 5.83. The predicted octanol–water partition coefficient (Wildman–Crippen LogP) is 2.96. The van der Waals surface area contributed by atoms with Crippen LogP contribution >= 0.6 is 34.7 Å². The van der Waals surface area contributed by atoms with E-state index in [0.29, 0.717) is 0 Å². The van der Waals surface area contributed by atoms with Crippen molar-refractivity contribution in [2.24, 2.45) is 0 Å². The predicted molar refractivity (Wildman–Crippen MR) is 55.3 cm³/mol.